The molecule has 0 aromatic heterocycles. The number of hydrogen-bond donors (Lipinski definition) is 2. The lowest BCUT2D eigenvalue weighted by atomic mass is 9.98. The average Bonchev–Trinajstić information content (AvgIpc) is 3.09. The van der Waals surface area contributed by atoms with Crippen molar-refractivity contribution in [3.05, 3.63) is 0 Å². The molecule has 2 amide bonds. The Bertz CT molecular complexity index is 301. The van der Waals surface area contributed by atoms with Gasteiger partial charge in [0.15, 0.2) is 0 Å². The van der Waals surface area contributed by atoms with Gasteiger partial charge in [0.05, 0.1) is 6.42 Å². The van der Waals surface area contributed by atoms with Gasteiger partial charge in [-0.2, -0.15) is 0 Å². The number of nitrogens with one attached hydrogen (secondary N) is 1. The van der Waals surface area contributed by atoms with E-state index >= 15 is 0 Å². The Morgan fingerprint density at radius 3 is 2.39 bits per heavy atom. The Morgan fingerprint density at radius 1 is 1.33 bits per heavy atom. The van der Waals surface area contributed by atoms with E-state index in [9.17, 15) is 9.59 Å². The topological polar surface area (TPSA) is 69.6 Å². The summed E-state index contributed by atoms with van der Waals surface area (Å²) >= 11 is 0. The zero-order valence-electron chi connectivity index (χ0n) is 11.5. The second-order valence-electron chi connectivity index (χ2n) is 5.48. The number of hydrogen-bond acceptors (Lipinski definition) is 2. The molecule has 0 bridgehead atoms. The molecule has 0 aromatic carbocycles. The third-order valence-corrected chi connectivity index (χ3v) is 3.53. The zero-order valence-corrected chi connectivity index (χ0v) is 11.5. The number of urea groups is 1. The maximum atomic E-state index is 12.0. The summed E-state index contributed by atoms with van der Waals surface area (Å²) in [4.78, 5) is 24.2. The van der Waals surface area contributed by atoms with Gasteiger partial charge in [-0.25, -0.2) is 4.79 Å². The molecule has 1 aliphatic rings. The summed E-state index contributed by atoms with van der Waals surface area (Å²) in [5.74, 6) is 0.0946. The molecule has 2 N–H and O–H groups in total. The molecule has 1 atom stereocenters. The molecule has 1 unspecified atom stereocenters. The fourth-order valence-corrected chi connectivity index (χ4v) is 1.64. The van der Waals surface area contributed by atoms with Crippen molar-refractivity contribution in [3.63, 3.8) is 0 Å². The number of carboxylic acid groups (broad SMARTS) is 1. The molecule has 1 fully saturated rings. The smallest absolute Gasteiger partial charge is 0.317 e. The van der Waals surface area contributed by atoms with Crippen LogP contribution in [0.2, 0.25) is 0 Å². The highest BCUT2D eigenvalue weighted by Crippen LogP contribution is 2.27. The molecule has 1 aliphatic carbocycles. The van der Waals surface area contributed by atoms with E-state index in [0.29, 0.717) is 24.9 Å². The van der Waals surface area contributed by atoms with Crippen LogP contribution in [0.25, 0.3) is 0 Å². The van der Waals surface area contributed by atoms with Crippen molar-refractivity contribution < 1.29 is 14.7 Å². The normalized spacial score (nSPS) is 16.4. The molecule has 0 spiro atoms. The highest BCUT2D eigenvalue weighted by atomic mass is 16.4. The van der Waals surface area contributed by atoms with Crippen molar-refractivity contribution in [1.82, 2.24) is 10.2 Å². The van der Waals surface area contributed by atoms with Gasteiger partial charge in [0.25, 0.3) is 0 Å². The highest BCUT2D eigenvalue weighted by Gasteiger charge is 2.32. The summed E-state index contributed by atoms with van der Waals surface area (Å²) in [7, 11) is 0. The highest BCUT2D eigenvalue weighted by molar-refractivity contribution is 5.76. The summed E-state index contributed by atoms with van der Waals surface area (Å²) in [6.45, 7) is 7.30. The van der Waals surface area contributed by atoms with Crippen LogP contribution in [-0.2, 0) is 4.79 Å². The predicted molar refractivity (Wildman–Crippen MR) is 69.4 cm³/mol. The van der Waals surface area contributed by atoms with Crippen LogP contribution in [0.4, 0.5) is 4.79 Å². The fraction of sp³-hybridized carbons (Fsp3) is 0.846. The Kier molecular flexibility index (Phi) is 5.44. The van der Waals surface area contributed by atoms with Crippen LogP contribution in [0.5, 0.6) is 0 Å². The van der Waals surface area contributed by atoms with Crippen molar-refractivity contribution in [2.24, 2.45) is 11.8 Å². The number of carbonyl (C=O) groups is 2. The largest absolute Gasteiger partial charge is 0.481 e. The van der Waals surface area contributed by atoms with Crippen molar-refractivity contribution in [3.8, 4) is 0 Å². The molecule has 0 saturated heterocycles. The molecule has 1 saturated carbocycles. The number of aliphatic carboxylic acids is 1. The summed E-state index contributed by atoms with van der Waals surface area (Å²) < 4.78 is 0. The third kappa shape index (κ3) is 4.94. The van der Waals surface area contributed by atoms with Crippen LogP contribution >= 0.6 is 0 Å². The third-order valence-electron chi connectivity index (χ3n) is 3.53. The van der Waals surface area contributed by atoms with E-state index in [1.165, 1.54) is 0 Å². The predicted octanol–water partition coefficient (Wildman–Crippen LogP) is 1.93. The van der Waals surface area contributed by atoms with Crippen molar-refractivity contribution in [2.45, 2.75) is 46.1 Å². The van der Waals surface area contributed by atoms with Gasteiger partial charge in [-0.1, -0.05) is 20.8 Å². The van der Waals surface area contributed by atoms with E-state index in [1.807, 2.05) is 0 Å². The second-order valence-corrected chi connectivity index (χ2v) is 5.48. The molecule has 104 valence electrons. The van der Waals surface area contributed by atoms with Gasteiger partial charge in [-0.15, -0.1) is 0 Å². The summed E-state index contributed by atoms with van der Waals surface area (Å²) in [6, 6.07) is 0.130. The first-order chi connectivity index (χ1) is 8.41. The van der Waals surface area contributed by atoms with Gasteiger partial charge in [0.2, 0.25) is 0 Å². The van der Waals surface area contributed by atoms with E-state index in [1.54, 1.807) is 4.90 Å². The molecule has 18 heavy (non-hydrogen) atoms. The van der Waals surface area contributed by atoms with Crippen LogP contribution in [0.1, 0.15) is 40.0 Å². The van der Waals surface area contributed by atoms with Crippen LogP contribution in [0, 0.1) is 11.8 Å². The average molecular weight is 256 g/mol. The molecule has 5 heteroatoms. The standard InChI is InChI=1S/C13H24N2O3/c1-9(2)10(3)8-14-13(18)15(11-4-5-11)7-6-12(16)17/h9-11H,4-8H2,1-3H3,(H,14,18)(H,16,17). The lowest BCUT2D eigenvalue weighted by Crippen LogP contribution is -2.44. The molecule has 0 aromatic rings. The van der Waals surface area contributed by atoms with E-state index in [4.69, 9.17) is 5.11 Å². The molecule has 5 nitrogen and oxygen atoms in total. The first kappa shape index (κ1) is 14.8. The Hall–Kier alpha value is -1.26. The van der Waals surface area contributed by atoms with Gasteiger partial charge in [0, 0.05) is 19.1 Å². The van der Waals surface area contributed by atoms with Gasteiger partial charge in [0.1, 0.15) is 0 Å². The summed E-state index contributed by atoms with van der Waals surface area (Å²) in [6.07, 6.45) is 2.00. The maximum Gasteiger partial charge on any atom is 0.317 e. The van der Waals surface area contributed by atoms with E-state index in [0.717, 1.165) is 12.8 Å². The quantitative estimate of drug-likeness (QED) is 0.731. The molecule has 0 aliphatic heterocycles. The molecule has 1 rings (SSSR count). The number of carbonyl (C=O) groups excluding carboxylic acids is 1. The van der Waals surface area contributed by atoms with Crippen LogP contribution in [-0.4, -0.2) is 41.1 Å². The first-order valence-electron chi connectivity index (χ1n) is 6.68. The first-order valence-corrected chi connectivity index (χ1v) is 6.68. The van der Waals surface area contributed by atoms with Crippen molar-refractivity contribution in [1.29, 1.82) is 0 Å². The number of nitrogens with zero attached hydrogens (tertiary/aromatic N) is 1. The molecular weight excluding hydrogens is 232 g/mol. The Morgan fingerprint density at radius 2 is 1.94 bits per heavy atom. The van der Waals surface area contributed by atoms with E-state index in [2.05, 4.69) is 26.1 Å². The van der Waals surface area contributed by atoms with Crippen LogP contribution in [0.3, 0.4) is 0 Å². The molecule has 0 radical (unpaired) electrons. The minimum atomic E-state index is -0.857. The fourth-order valence-electron chi connectivity index (χ4n) is 1.64. The van der Waals surface area contributed by atoms with Gasteiger partial charge in [-0.05, 0) is 24.7 Å². The number of amides is 2. The van der Waals surface area contributed by atoms with Gasteiger partial charge >= 0.3 is 12.0 Å². The van der Waals surface area contributed by atoms with E-state index < -0.39 is 5.97 Å². The molecular formula is C13H24N2O3. The molecule has 0 heterocycles. The Balaban J connectivity index is 2.37. The van der Waals surface area contributed by atoms with Crippen molar-refractivity contribution >= 4 is 12.0 Å². The lowest BCUT2D eigenvalue weighted by Gasteiger charge is -2.24. The number of rotatable bonds is 7. The summed E-state index contributed by atoms with van der Waals surface area (Å²) in [5, 5.41) is 11.6. The van der Waals surface area contributed by atoms with Crippen LogP contribution in [0.15, 0.2) is 0 Å². The van der Waals surface area contributed by atoms with Crippen molar-refractivity contribution in [2.75, 3.05) is 13.1 Å². The van der Waals surface area contributed by atoms with Crippen LogP contribution < -0.4 is 5.32 Å². The number of carboxylic acids is 1. The summed E-state index contributed by atoms with van der Waals surface area (Å²) in [5.41, 5.74) is 0. The van der Waals surface area contributed by atoms with Gasteiger partial charge < -0.3 is 15.3 Å². The minimum Gasteiger partial charge on any atom is -0.481 e. The lowest BCUT2D eigenvalue weighted by molar-refractivity contribution is -0.137. The SMILES string of the molecule is CC(C)C(C)CNC(=O)N(CCC(=O)O)C1CC1. The monoisotopic (exact) mass is 256 g/mol. The Labute approximate surface area is 109 Å². The van der Waals surface area contributed by atoms with Gasteiger partial charge in [-0.3, -0.25) is 4.79 Å². The maximum absolute atomic E-state index is 12.0. The van der Waals surface area contributed by atoms with E-state index in [-0.39, 0.29) is 18.5 Å². The zero-order chi connectivity index (χ0) is 13.7. The minimum absolute atomic E-state index is 0.0175. The second kappa shape index (κ2) is 6.61.